The zero-order chi connectivity index (χ0) is 17.3. The van der Waals surface area contributed by atoms with Crippen LogP contribution in [0.1, 0.15) is 39.7 Å². The van der Waals surface area contributed by atoms with Gasteiger partial charge in [0.25, 0.3) is 0 Å². The molecule has 1 saturated heterocycles. The number of esters is 1. The number of carboxylic acid groups (broad SMARTS) is 1. The van der Waals surface area contributed by atoms with Crippen molar-refractivity contribution >= 4 is 12.1 Å². The van der Waals surface area contributed by atoms with Crippen molar-refractivity contribution in [2.45, 2.75) is 52.2 Å². The Hall–Kier alpha value is -2.04. The van der Waals surface area contributed by atoms with E-state index in [9.17, 15) is 14.7 Å². The highest BCUT2D eigenvalue weighted by Gasteiger charge is 2.54. The van der Waals surface area contributed by atoms with Crippen molar-refractivity contribution in [3.05, 3.63) is 35.9 Å². The summed E-state index contributed by atoms with van der Waals surface area (Å²) in [5.74, 6) is -0.475. The number of hydrogen-bond acceptors (Lipinski definition) is 3. The van der Waals surface area contributed by atoms with Crippen molar-refractivity contribution in [3.63, 3.8) is 0 Å². The normalized spacial score (nSPS) is 23.9. The molecule has 1 aliphatic heterocycles. The molecule has 1 fully saturated rings. The lowest BCUT2D eigenvalue weighted by atomic mass is 9.66. The summed E-state index contributed by atoms with van der Waals surface area (Å²) in [6, 6.07) is 9.69. The average molecular weight is 319 g/mol. The summed E-state index contributed by atoms with van der Waals surface area (Å²) < 4.78 is 5.57. The molecule has 5 nitrogen and oxygen atoms in total. The van der Waals surface area contributed by atoms with Crippen LogP contribution in [0.2, 0.25) is 0 Å². The van der Waals surface area contributed by atoms with Gasteiger partial charge in [0, 0.05) is 0 Å². The van der Waals surface area contributed by atoms with E-state index in [4.69, 9.17) is 4.74 Å². The fourth-order valence-electron chi connectivity index (χ4n) is 3.31. The smallest absolute Gasteiger partial charge is 0.405 e. The van der Waals surface area contributed by atoms with E-state index in [1.807, 2.05) is 58.0 Å². The summed E-state index contributed by atoms with van der Waals surface area (Å²) >= 11 is 0. The largest absolute Gasteiger partial charge is 0.465 e. The molecule has 3 atom stereocenters. The maximum Gasteiger partial charge on any atom is 0.405 e. The predicted molar refractivity (Wildman–Crippen MR) is 87.2 cm³/mol. The highest BCUT2D eigenvalue weighted by Crippen LogP contribution is 2.42. The molecule has 1 heterocycles. The van der Waals surface area contributed by atoms with Crippen LogP contribution in [-0.4, -0.2) is 28.8 Å². The molecule has 1 aromatic carbocycles. The van der Waals surface area contributed by atoms with Crippen molar-refractivity contribution in [1.82, 2.24) is 5.32 Å². The molecule has 2 N–H and O–H groups in total. The molecule has 1 amide bonds. The third kappa shape index (κ3) is 3.49. The minimum Gasteiger partial charge on any atom is -0.465 e. The van der Waals surface area contributed by atoms with Crippen LogP contribution in [0.15, 0.2) is 30.3 Å². The first-order chi connectivity index (χ1) is 10.7. The number of carbonyl (C=O) groups excluding carboxylic acids is 1. The van der Waals surface area contributed by atoms with Gasteiger partial charge in [0.15, 0.2) is 0 Å². The molecule has 0 aliphatic carbocycles. The first kappa shape index (κ1) is 17.3. The third-order valence-electron chi connectivity index (χ3n) is 4.77. The Morgan fingerprint density at radius 1 is 1.30 bits per heavy atom. The molecule has 1 aliphatic rings. The number of ether oxygens (including phenoxy) is 1. The molecule has 126 valence electrons. The molecule has 0 spiro atoms. The molecule has 0 unspecified atom stereocenters. The Bertz CT molecular complexity index is 578. The standard InChI is InChI=1S/C18H25NO4/c1-12-10-14(23-15(12)20)18(17(2,3)4,19-16(21)22)11-13-8-6-5-7-9-13/h5-9,12,14,19H,10-11H2,1-4H3,(H,21,22)/t12-,14+,18-/m1/s1. The Balaban J connectivity index is 2.46. The van der Waals surface area contributed by atoms with Crippen molar-refractivity contribution in [2.24, 2.45) is 11.3 Å². The lowest BCUT2D eigenvalue weighted by Gasteiger charge is -2.48. The van der Waals surface area contributed by atoms with Gasteiger partial charge in [-0.1, -0.05) is 58.0 Å². The predicted octanol–water partition coefficient (Wildman–Crippen LogP) is 3.23. The number of rotatable bonds is 4. The topological polar surface area (TPSA) is 75.6 Å². The summed E-state index contributed by atoms with van der Waals surface area (Å²) in [4.78, 5) is 23.4. The van der Waals surface area contributed by atoms with Gasteiger partial charge in [0.1, 0.15) is 6.10 Å². The minimum atomic E-state index is -1.11. The van der Waals surface area contributed by atoms with Gasteiger partial charge in [0.05, 0.1) is 11.5 Å². The van der Waals surface area contributed by atoms with E-state index >= 15 is 0 Å². The second-order valence-corrected chi connectivity index (χ2v) is 7.38. The summed E-state index contributed by atoms with van der Waals surface area (Å²) in [7, 11) is 0. The van der Waals surface area contributed by atoms with Crippen LogP contribution in [0, 0.1) is 11.3 Å². The van der Waals surface area contributed by atoms with E-state index < -0.39 is 23.2 Å². The highest BCUT2D eigenvalue weighted by molar-refractivity contribution is 5.75. The molecule has 0 bridgehead atoms. The Kier molecular flexibility index (Phi) is 4.68. The molecular formula is C18H25NO4. The maximum absolute atomic E-state index is 11.9. The minimum absolute atomic E-state index is 0.215. The van der Waals surface area contributed by atoms with Gasteiger partial charge in [-0.05, 0) is 23.8 Å². The molecule has 5 heteroatoms. The lowest BCUT2D eigenvalue weighted by molar-refractivity contribution is -0.149. The number of amides is 1. The Morgan fingerprint density at radius 3 is 2.35 bits per heavy atom. The van der Waals surface area contributed by atoms with Crippen molar-refractivity contribution in [2.75, 3.05) is 0 Å². The highest BCUT2D eigenvalue weighted by atomic mass is 16.6. The number of carbonyl (C=O) groups is 2. The van der Waals surface area contributed by atoms with Crippen molar-refractivity contribution < 1.29 is 19.4 Å². The van der Waals surface area contributed by atoms with E-state index in [1.54, 1.807) is 0 Å². The van der Waals surface area contributed by atoms with Crippen LogP contribution in [0.25, 0.3) is 0 Å². The SMILES string of the molecule is C[C@@H]1C[C@@H]([C@@](Cc2ccccc2)(NC(=O)O)C(C)(C)C)OC1=O. The Morgan fingerprint density at radius 2 is 1.91 bits per heavy atom. The van der Waals surface area contributed by atoms with E-state index in [-0.39, 0.29) is 11.9 Å². The summed E-state index contributed by atoms with van der Waals surface area (Å²) in [6.45, 7) is 7.74. The van der Waals surface area contributed by atoms with Gasteiger partial charge in [0.2, 0.25) is 0 Å². The monoisotopic (exact) mass is 319 g/mol. The molecule has 0 saturated carbocycles. The van der Waals surface area contributed by atoms with Gasteiger partial charge < -0.3 is 15.2 Å². The molecule has 2 rings (SSSR count). The fraction of sp³-hybridized carbons (Fsp3) is 0.556. The maximum atomic E-state index is 11.9. The van der Waals surface area contributed by atoms with Crippen molar-refractivity contribution in [3.8, 4) is 0 Å². The van der Waals surface area contributed by atoms with E-state index in [2.05, 4.69) is 5.32 Å². The molecule has 0 aromatic heterocycles. The molecule has 23 heavy (non-hydrogen) atoms. The lowest BCUT2D eigenvalue weighted by Crippen LogP contribution is -2.65. The molecular weight excluding hydrogens is 294 g/mol. The van der Waals surface area contributed by atoms with Gasteiger partial charge >= 0.3 is 12.1 Å². The summed E-state index contributed by atoms with van der Waals surface area (Å²) in [5, 5.41) is 12.1. The van der Waals surface area contributed by atoms with Gasteiger partial charge in [-0.15, -0.1) is 0 Å². The average Bonchev–Trinajstić information content (AvgIpc) is 2.77. The van der Waals surface area contributed by atoms with Crippen LogP contribution < -0.4 is 5.32 Å². The second kappa shape index (κ2) is 6.22. The van der Waals surface area contributed by atoms with Crippen LogP contribution in [-0.2, 0) is 16.0 Å². The first-order valence-electron chi connectivity index (χ1n) is 7.91. The molecule has 1 aromatic rings. The second-order valence-electron chi connectivity index (χ2n) is 7.38. The van der Waals surface area contributed by atoms with E-state index in [0.29, 0.717) is 12.8 Å². The quantitative estimate of drug-likeness (QED) is 0.835. The van der Waals surface area contributed by atoms with E-state index in [1.165, 1.54) is 0 Å². The van der Waals surface area contributed by atoms with Crippen molar-refractivity contribution in [1.29, 1.82) is 0 Å². The zero-order valence-corrected chi connectivity index (χ0v) is 14.1. The number of nitrogens with one attached hydrogen (secondary N) is 1. The third-order valence-corrected chi connectivity index (χ3v) is 4.77. The van der Waals surface area contributed by atoms with Gasteiger partial charge in [-0.2, -0.15) is 0 Å². The zero-order valence-electron chi connectivity index (χ0n) is 14.1. The summed E-state index contributed by atoms with van der Waals surface area (Å²) in [6.07, 6.45) is -0.606. The van der Waals surface area contributed by atoms with Crippen LogP contribution in [0.3, 0.4) is 0 Å². The fourth-order valence-corrected chi connectivity index (χ4v) is 3.31. The number of benzene rings is 1. The van der Waals surface area contributed by atoms with Crippen LogP contribution >= 0.6 is 0 Å². The number of hydrogen-bond donors (Lipinski definition) is 2. The van der Waals surface area contributed by atoms with Gasteiger partial charge in [-0.25, -0.2) is 4.79 Å². The van der Waals surface area contributed by atoms with E-state index in [0.717, 1.165) is 5.56 Å². The van der Waals surface area contributed by atoms with Gasteiger partial charge in [-0.3, -0.25) is 4.79 Å². The number of cyclic esters (lactones) is 1. The summed E-state index contributed by atoms with van der Waals surface area (Å²) in [5.41, 5.74) is -0.316. The molecule has 0 radical (unpaired) electrons. The van der Waals surface area contributed by atoms with Crippen LogP contribution in [0.5, 0.6) is 0 Å². The first-order valence-corrected chi connectivity index (χ1v) is 7.91. The van der Waals surface area contributed by atoms with Crippen LogP contribution in [0.4, 0.5) is 4.79 Å². The Labute approximate surface area is 137 Å².